The van der Waals surface area contributed by atoms with Crippen molar-refractivity contribution in [1.82, 2.24) is 0 Å². The van der Waals surface area contributed by atoms with E-state index in [0.29, 0.717) is 5.69 Å². The maximum absolute atomic E-state index is 12.9. The highest BCUT2D eigenvalue weighted by Crippen LogP contribution is 2.41. The lowest BCUT2D eigenvalue weighted by atomic mass is 9.79. The third kappa shape index (κ3) is 3.83. The Morgan fingerprint density at radius 3 is 1.68 bits per heavy atom. The molecule has 0 heterocycles. The summed E-state index contributed by atoms with van der Waals surface area (Å²) in [6.45, 7) is 12.0. The van der Waals surface area contributed by atoms with Gasteiger partial charge in [-0.3, -0.25) is 5.73 Å². The third-order valence-corrected chi connectivity index (χ3v) is 3.03. The van der Waals surface area contributed by atoms with Gasteiger partial charge in [-0.15, -0.1) is 0 Å². The Labute approximate surface area is 115 Å². The van der Waals surface area contributed by atoms with Crippen molar-refractivity contribution >= 4 is 5.69 Å². The molecule has 4 heteroatoms. The fourth-order valence-corrected chi connectivity index (χ4v) is 2.02. The number of phenolic OH excluding ortho intramolecular Hbond substituents is 1. The van der Waals surface area contributed by atoms with E-state index in [9.17, 15) is 9.50 Å². The van der Waals surface area contributed by atoms with Crippen LogP contribution < -0.4 is 11.1 Å². The van der Waals surface area contributed by atoms with E-state index >= 15 is 0 Å². The molecule has 19 heavy (non-hydrogen) atoms. The average molecular weight is 268 g/mol. The van der Waals surface area contributed by atoms with Gasteiger partial charge in [-0.25, -0.2) is 4.39 Å². The van der Waals surface area contributed by atoms with E-state index < -0.39 is 6.42 Å². The molecule has 0 saturated heterocycles. The molecule has 1 rings (SSSR count). The summed E-state index contributed by atoms with van der Waals surface area (Å²) in [6.07, 6.45) is -1.62. The van der Waals surface area contributed by atoms with Crippen LogP contribution in [0.2, 0.25) is 0 Å². The van der Waals surface area contributed by atoms with Crippen molar-refractivity contribution in [1.29, 1.82) is 0 Å². The number of alkyl halides is 1. The molecule has 4 N–H and O–H groups in total. The minimum absolute atomic E-state index is 0.234. The fraction of sp³-hybridized carbons (Fsp3) is 0.600. The molecule has 0 radical (unpaired) electrons. The van der Waals surface area contributed by atoms with Crippen LogP contribution in [0.25, 0.3) is 0 Å². The first kappa shape index (κ1) is 15.8. The number of benzene rings is 1. The van der Waals surface area contributed by atoms with Gasteiger partial charge in [0, 0.05) is 16.8 Å². The third-order valence-electron chi connectivity index (χ3n) is 3.03. The molecule has 0 bridgehead atoms. The predicted molar refractivity (Wildman–Crippen MR) is 78.2 cm³/mol. The monoisotopic (exact) mass is 268 g/mol. The van der Waals surface area contributed by atoms with Crippen LogP contribution in [0, 0.1) is 0 Å². The van der Waals surface area contributed by atoms with Crippen LogP contribution in [0.4, 0.5) is 10.1 Å². The Bertz CT molecular complexity index is 421. The standard InChI is InChI=1S/C15H25FN2O/c1-14(2,3)10-7-9(18-13(16)17)8-11(12(10)19)15(4,5)6/h7-8,13,18-19H,17H2,1-6H3. The van der Waals surface area contributed by atoms with Crippen molar-refractivity contribution in [3.63, 3.8) is 0 Å². The summed E-state index contributed by atoms with van der Waals surface area (Å²) in [5.74, 6) is 0.276. The van der Waals surface area contributed by atoms with Crippen molar-refractivity contribution in [3.05, 3.63) is 23.3 Å². The van der Waals surface area contributed by atoms with E-state index in [1.165, 1.54) is 0 Å². The number of anilines is 1. The number of phenols is 1. The smallest absolute Gasteiger partial charge is 0.222 e. The number of hydrogen-bond donors (Lipinski definition) is 3. The van der Waals surface area contributed by atoms with Crippen molar-refractivity contribution in [2.75, 3.05) is 5.32 Å². The lowest BCUT2D eigenvalue weighted by Gasteiger charge is -2.28. The molecule has 0 amide bonds. The summed E-state index contributed by atoms with van der Waals surface area (Å²) in [5.41, 5.74) is 6.82. The van der Waals surface area contributed by atoms with Gasteiger partial charge in [0.1, 0.15) is 5.75 Å². The van der Waals surface area contributed by atoms with E-state index in [1.54, 1.807) is 12.1 Å². The van der Waals surface area contributed by atoms with Crippen molar-refractivity contribution in [2.45, 2.75) is 58.8 Å². The highest BCUT2D eigenvalue weighted by Gasteiger charge is 2.26. The summed E-state index contributed by atoms with van der Waals surface area (Å²) in [4.78, 5) is 0. The SMILES string of the molecule is CC(C)(C)c1cc(NC(N)F)cc(C(C)(C)C)c1O. The van der Waals surface area contributed by atoms with E-state index in [4.69, 9.17) is 5.73 Å². The van der Waals surface area contributed by atoms with Gasteiger partial charge in [-0.2, -0.15) is 0 Å². The maximum atomic E-state index is 12.9. The second kappa shape index (κ2) is 5.00. The summed E-state index contributed by atoms with van der Waals surface area (Å²) >= 11 is 0. The summed E-state index contributed by atoms with van der Waals surface area (Å²) in [6, 6.07) is 3.51. The first-order chi connectivity index (χ1) is 8.43. The van der Waals surface area contributed by atoms with Crippen LogP contribution in [-0.4, -0.2) is 11.5 Å². The summed E-state index contributed by atoms with van der Waals surface area (Å²) in [5, 5.41) is 13.0. The van der Waals surface area contributed by atoms with Gasteiger partial charge in [0.05, 0.1) is 0 Å². The normalized spacial score (nSPS) is 14.3. The van der Waals surface area contributed by atoms with Gasteiger partial charge in [-0.05, 0) is 23.0 Å². The molecule has 0 aromatic heterocycles. The Balaban J connectivity index is 3.48. The van der Waals surface area contributed by atoms with Crippen molar-refractivity contribution < 1.29 is 9.50 Å². The lowest BCUT2D eigenvalue weighted by Crippen LogP contribution is -2.25. The molecule has 0 aliphatic carbocycles. The number of hydrogen-bond acceptors (Lipinski definition) is 3. The van der Waals surface area contributed by atoms with Crippen molar-refractivity contribution in [3.8, 4) is 5.75 Å². The fourth-order valence-electron chi connectivity index (χ4n) is 2.02. The molecule has 0 aliphatic heterocycles. The van der Waals surface area contributed by atoms with Crippen LogP contribution in [0.15, 0.2) is 12.1 Å². The molecule has 1 aromatic rings. The zero-order valence-corrected chi connectivity index (χ0v) is 12.6. The molecule has 0 saturated carbocycles. The van der Waals surface area contributed by atoms with Gasteiger partial charge < -0.3 is 10.4 Å². The quantitative estimate of drug-likeness (QED) is 0.436. The Morgan fingerprint density at radius 2 is 1.42 bits per heavy atom. The number of rotatable bonds is 2. The van der Waals surface area contributed by atoms with E-state index in [2.05, 4.69) is 5.32 Å². The summed E-state index contributed by atoms with van der Waals surface area (Å²) < 4.78 is 12.9. The highest BCUT2D eigenvalue weighted by atomic mass is 19.1. The van der Waals surface area contributed by atoms with E-state index in [1.807, 2.05) is 41.5 Å². The Hall–Kier alpha value is -1.29. The van der Waals surface area contributed by atoms with Gasteiger partial charge >= 0.3 is 0 Å². The number of nitrogens with one attached hydrogen (secondary N) is 1. The first-order valence-electron chi connectivity index (χ1n) is 6.47. The number of aromatic hydroxyl groups is 1. The average Bonchev–Trinajstić information content (AvgIpc) is 2.16. The molecule has 1 atom stereocenters. The van der Waals surface area contributed by atoms with E-state index in [0.717, 1.165) is 11.1 Å². The van der Waals surface area contributed by atoms with Gasteiger partial charge in [-0.1, -0.05) is 41.5 Å². The van der Waals surface area contributed by atoms with Crippen LogP contribution in [0.1, 0.15) is 52.7 Å². The largest absolute Gasteiger partial charge is 0.507 e. The minimum atomic E-state index is -1.62. The van der Waals surface area contributed by atoms with Gasteiger partial charge in [0.15, 0.2) is 0 Å². The summed E-state index contributed by atoms with van der Waals surface area (Å²) in [7, 11) is 0. The molecule has 0 aliphatic rings. The molecule has 108 valence electrons. The van der Waals surface area contributed by atoms with E-state index in [-0.39, 0.29) is 16.6 Å². The zero-order chi connectivity index (χ0) is 15.0. The second-order valence-electron chi connectivity index (χ2n) is 6.97. The van der Waals surface area contributed by atoms with Gasteiger partial charge in [0.2, 0.25) is 6.42 Å². The molecular weight excluding hydrogens is 243 g/mol. The molecule has 1 aromatic carbocycles. The van der Waals surface area contributed by atoms with Crippen LogP contribution in [-0.2, 0) is 10.8 Å². The predicted octanol–water partition coefficient (Wildman–Crippen LogP) is 3.61. The first-order valence-corrected chi connectivity index (χ1v) is 6.47. The second-order valence-corrected chi connectivity index (χ2v) is 6.97. The molecule has 0 fully saturated rings. The molecule has 0 spiro atoms. The maximum Gasteiger partial charge on any atom is 0.222 e. The molecule has 3 nitrogen and oxygen atoms in total. The molecular formula is C15H25FN2O. The topological polar surface area (TPSA) is 58.3 Å². The number of halogens is 1. The number of nitrogens with two attached hydrogens (primary N) is 1. The Kier molecular flexibility index (Phi) is 4.15. The van der Waals surface area contributed by atoms with Gasteiger partial charge in [0.25, 0.3) is 0 Å². The van der Waals surface area contributed by atoms with Crippen LogP contribution >= 0.6 is 0 Å². The van der Waals surface area contributed by atoms with Crippen molar-refractivity contribution in [2.24, 2.45) is 5.73 Å². The lowest BCUT2D eigenvalue weighted by molar-refractivity contribution is 0.384. The van der Waals surface area contributed by atoms with Crippen LogP contribution in [0.5, 0.6) is 5.75 Å². The van der Waals surface area contributed by atoms with Crippen LogP contribution in [0.3, 0.4) is 0 Å². The Morgan fingerprint density at radius 1 is 1.05 bits per heavy atom. The highest BCUT2D eigenvalue weighted by molar-refractivity contribution is 5.59. The zero-order valence-electron chi connectivity index (χ0n) is 12.6. The minimum Gasteiger partial charge on any atom is -0.507 e. The molecule has 1 unspecified atom stereocenters.